The van der Waals surface area contributed by atoms with E-state index in [0.717, 1.165) is 6.07 Å². The molecule has 0 aliphatic rings. The third-order valence-corrected chi connectivity index (χ3v) is 1.32. The molecule has 0 atom stereocenters. The van der Waals surface area contributed by atoms with Crippen LogP contribution in [-0.2, 0) is 0 Å². The van der Waals surface area contributed by atoms with E-state index in [4.69, 9.17) is 16.8 Å². The molecule has 0 aliphatic carbocycles. The van der Waals surface area contributed by atoms with Gasteiger partial charge in [0.2, 0.25) is 5.17 Å². The number of hydrogen-bond donors (Lipinski definition) is 1. The zero-order chi connectivity index (χ0) is 9.14. The molecule has 0 aliphatic heterocycles. The molecule has 0 bridgehead atoms. The lowest BCUT2D eigenvalue weighted by atomic mass is 10.5. The average molecular weight is 191 g/mol. The highest BCUT2D eigenvalue weighted by Gasteiger charge is 2.14. The summed E-state index contributed by atoms with van der Waals surface area (Å²) in [6, 6.07) is 2.35. The van der Waals surface area contributed by atoms with Crippen LogP contribution < -0.4 is 0 Å². The molecular weight excluding hydrogens is 188 g/mol. The van der Waals surface area contributed by atoms with Gasteiger partial charge >= 0.3 is 5.88 Å². The summed E-state index contributed by atoms with van der Waals surface area (Å²) in [5.41, 5.74) is 0. The van der Waals surface area contributed by atoms with Gasteiger partial charge in [0, 0.05) is 0 Å². The molecular formula is C5H3ClN2O4. The van der Waals surface area contributed by atoms with Crippen molar-refractivity contribution in [3.8, 4) is 0 Å². The summed E-state index contributed by atoms with van der Waals surface area (Å²) >= 11 is 5.29. The van der Waals surface area contributed by atoms with Crippen LogP contribution >= 0.6 is 11.6 Å². The van der Waals surface area contributed by atoms with Crippen LogP contribution in [0.4, 0.5) is 5.88 Å². The highest BCUT2D eigenvalue weighted by molar-refractivity contribution is 6.69. The lowest BCUT2D eigenvalue weighted by Crippen LogP contribution is -1.87. The Labute approximate surface area is 71.2 Å². The number of nitrogens with zero attached hydrogens (tertiary/aromatic N) is 2. The van der Waals surface area contributed by atoms with Crippen molar-refractivity contribution >= 4 is 22.7 Å². The second-order valence-electron chi connectivity index (χ2n) is 1.79. The minimum atomic E-state index is -0.717. The van der Waals surface area contributed by atoms with Crippen molar-refractivity contribution < 1.29 is 14.5 Å². The first kappa shape index (κ1) is 8.54. The van der Waals surface area contributed by atoms with E-state index < -0.39 is 10.8 Å². The Morgan fingerprint density at radius 1 is 1.75 bits per heavy atom. The van der Waals surface area contributed by atoms with E-state index in [0.29, 0.717) is 0 Å². The van der Waals surface area contributed by atoms with E-state index in [1.807, 2.05) is 0 Å². The predicted octanol–water partition coefficient (Wildman–Crippen LogP) is 1.56. The first-order valence-electron chi connectivity index (χ1n) is 2.77. The Morgan fingerprint density at radius 3 is 2.83 bits per heavy atom. The Kier molecular flexibility index (Phi) is 2.29. The van der Waals surface area contributed by atoms with Crippen molar-refractivity contribution in [1.29, 1.82) is 0 Å². The second kappa shape index (κ2) is 3.22. The summed E-state index contributed by atoms with van der Waals surface area (Å²) in [4.78, 5) is 9.37. The van der Waals surface area contributed by atoms with E-state index in [1.165, 1.54) is 6.07 Å². The number of furan rings is 1. The van der Waals surface area contributed by atoms with Crippen LogP contribution in [0.1, 0.15) is 5.76 Å². The number of nitro groups is 1. The van der Waals surface area contributed by atoms with Gasteiger partial charge < -0.3 is 9.62 Å². The molecule has 0 aromatic carbocycles. The zero-order valence-electron chi connectivity index (χ0n) is 5.60. The molecule has 7 heteroatoms. The maximum absolute atomic E-state index is 10.1. The summed E-state index contributed by atoms with van der Waals surface area (Å²) in [5.74, 6) is -0.502. The SMILES string of the molecule is O=[N+]([O-])c1ccc(C(Cl)=NO)o1. The first-order valence-corrected chi connectivity index (χ1v) is 3.15. The van der Waals surface area contributed by atoms with Crippen molar-refractivity contribution in [2.75, 3.05) is 0 Å². The summed E-state index contributed by atoms with van der Waals surface area (Å²) < 4.78 is 4.58. The molecule has 0 fully saturated rings. The van der Waals surface area contributed by atoms with E-state index in [1.54, 1.807) is 0 Å². The zero-order valence-corrected chi connectivity index (χ0v) is 6.35. The van der Waals surface area contributed by atoms with Crippen molar-refractivity contribution in [3.05, 3.63) is 28.0 Å². The van der Waals surface area contributed by atoms with E-state index in [9.17, 15) is 10.1 Å². The number of rotatable bonds is 2. The van der Waals surface area contributed by atoms with Gasteiger partial charge in [-0.15, -0.1) is 0 Å². The predicted molar refractivity (Wildman–Crippen MR) is 39.5 cm³/mol. The molecule has 1 aromatic heterocycles. The van der Waals surface area contributed by atoms with Crippen LogP contribution in [0.25, 0.3) is 0 Å². The Morgan fingerprint density at radius 2 is 2.42 bits per heavy atom. The van der Waals surface area contributed by atoms with Crippen LogP contribution in [0.15, 0.2) is 21.7 Å². The fraction of sp³-hybridized carbons (Fsp3) is 0. The first-order chi connectivity index (χ1) is 5.65. The van der Waals surface area contributed by atoms with Gasteiger partial charge in [0.1, 0.15) is 4.92 Å². The second-order valence-corrected chi connectivity index (χ2v) is 2.14. The lowest BCUT2D eigenvalue weighted by Gasteiger charge is -1.85. The maximum Gasteiger partial charge on any atom is 0.433 e. The largest absolute Gasteiger partial charge is 0.433 e. The van der Waals surface area contributed by atoms with Gasteiger partial charge in [-0.2, -0.15) is 0 Å². The van der Waals surface area contributed by atoms with Crippen LogP contribution in [0.2, 0.25) is 0 Å². The molecule has 0 saturated heterocycles. The van der Waals surface area contributed by atoms with Crippen molar-refractivity contribution in [1.82, 2.24) is 0 Å². The van der Waals surface area contributed by atoms with Gasteiger partial charge in [-0.3, -0.25) is 10.1 Å². The number of halogens is 1. The van der Waals surface area contributed by atoms with Gasteiger partial charge in [-0.1, -0.05) is 16.8 Å². The molecule has 1 heterocycles. The summed E-state index contributed by atoms with van der Waals surface area (Å²) in [7, 11) is 0. The molecule has 64 valence electrons. The quantitative estimate of drug-likeness (QED) is 0.332. The Bertz CT molecular complexity index is 332. The third kappa shape index (κ3) is 1.54. The van der Waals surface area contributed by atoms with Crippen molar-refractivity contribution in [2.24, 2.45) is 5.16 Å². The third-order valence-electron chi connectivity index (χ3n) is 1.06. The van der Waals surface area contributed by atoms with E-state index >= 15 is 0 Å². The van der Waals surface area contributed by atoms with Crippen molar-refractivity contribution in [2.45, 2.75) is 0 Å². The molecule has 0 amide bonds. The number of hydrogen-bond acceptors (Lipinski definition) is 5. The van der Waals surface area contributed by atoms with E-state index in [2.05, 4.69) is 9.57 Å². The Balaban J connectivity index is 2.99. The van der Waals surface area contributed by atoms with E-state index in [-0.39, 0.29) is 10.9 Å². The Hall–Kier alpha value is -1.56. The topological polar surface area (TPSA) is 88.9 Å². The van der Waals surface area contributed by atoms with Crippen LogP contribution in [-0.4, -0.2) is 15.3 Å². The molecule has 1 aromatic rings. The van der Waals surface area contributed by atoms with Gasteiger partial charge in [-0.05, 0) is 6.07 Å². The standard InChI is InChI=1S/C5H3ClN2O4/c6-5(7-9)3-1-2-4(12-3)8(10)11/h1-2,9H. The normalized spacial score (nSPS) is 11.6. The minimum absolute atomic E-state index is 0.0501. The molecule has 0 saturated carbocycles. The lowest BCUT2D eigenvalue weighted by molar-refractivity contribution is -0.402. The minimum Gasteiger partial charge on any atom is -0.410 e. The highest BCUT2D eigenvalue weighted by atomic mass is 35.5. The average Bonchev–Trinajstić information content (AvgIpc) is 2.51. The summed E-state index contributed by atoms with van der Waals surface area (Å²) in [6.07, 6.45) is 0. The fourth-order valence-corrected chi connectivity index (χ4v) is 0.688. The molecule has 1 rings (SSSR count). The molecule has 0 radical (unpaired) electrons. The monoisotopic (exact) mass is 190 g/mol. The van der Waals surface area contributed by atoms with Gasteiger partial charge in [0.05, 0.1) is 6.07 Å². The number of oxime groups is 1. The maximum atomic E-state index is 10.1. The van der Waals surface area contributed by atoms with Gasteiger partial charge in [0.15, 0.2) is 5.76 Å². The van der Waals surface area contributed by atoms with Gasteiger partial charge in [-0.25, -0.2) is 0 Å². The van der Waals surface area contributed by atoms with Crippen LogP contribution in [0.5, 0.6) is 0 Å². The molecule has 1 N–H and O–H groups in total. The molecule has 0 spiro atoms. The highest BCUT2D eigenvalue weighted by Crippen LogP contribution is 2.17. The van der Waals surface area contributed by atoms with Crippen LogP contribution in [0.3, 0.4) is 0 Å². The van der Waals surface area contributed by atoms with Crippen molar-refractivity contribution in [3.63, 3.8) is 0 Å². The molecule has 0 unspecified atom stereocenters. The fourth-order valence-electron chi connectivity index (χ4n) is 0.586. The molecule has 12 heavy (non-hydrogen) atoms. The molecule has 6 nitrogen and oxygen atoms in total. The summed E-state index contributed by atoms with van der Waals surface area (Å²) in [6.45, 7) is 0. The van der Waals surface area contributed by atoms with Gasteiger partial charge in [0.25, 0.3) is 0 Å². The smallest absolute Gasteiger partial charge is 0.410 e. The van der Waals surface area contributed by atoms with Crippen LogP contribution in [0, 0.1) is 10.1 Å². The summed E-state index contributed by atoms with van der Waals surface area (Å²) in [5, 5.41) is 20.5.